The molecule has 0 spiro atoms. The molecule has 43 heavy (non-hydrogen) atoms. The van der Waals surface area contributed by atoms with Crippen LogP contribution in [0.2, 0.25) is 0 Å². The summed E-state index contributed by atoms with van der Waals surface area (Å²) in [6.45, 7) is 16.2. The third-order valence-electron chi connectivity index (χ3n) is 8.76. The molecule has 1 aliphatic heterocycles. The van der Waals surface area contributed by atoms with Gasteiger partial charge in [0.05, 0.1) is 11.1 Å². The minimum absolute atomic E-state index is 0.212. The lowest BCUT2D eigenvalue weighted by Crippen LogP contribution is -2.24. The second-order valence-corrected chi connectivity index (χ2v) is 11.9. The van der Waals surface area contributed by atoms with Crippen LogP contribution in [0.25, 0.3) is 23.9 Å². The summed E-state index contributed by atoms with van der Waals surface area (Å²) in [7, 11) is 1.49. The second-order valence-electron chi connectivity index (χ2n) is 11.9. The highest BCUT2D eigenvalue weighted by Gasteiger charge is 2.33. The molecule has 0 saturated carbocycles. The summed E-state index contributed by atoms with van der Waals surface area (Å²) in [4.78, 5) is 25.6. The van der Waals surface area contributed by atoms with Gasteiger partial charge in [-0.15, -0.1) is 0 Å². The predicted octanol–water partition coefficient (Wildman–Crippen LogP) is 6.81. The van der Waals surface area contributed by atoms with Gasteiger partial charge in [0.1, 0.15) is 11.5 Å². The number of carbonyl (C=O) groups is 2. The molecule has 2 amide bonds. The fourth-order valence-corrected chi connectivity index (χ4v) is 6.06. The van der Waals surface area contributed by atoms with Gasteiger partial charge in [-0.25, -0.2) is 0 Å². The molecule has 1 aliphatic rings. The molecule has 2 heterocycles. The van der Waals surface area contributed by atoms with E-state index in [1.54, 1.807) is 18.2 Å². The molecule has 1 aromatic heterocycles. The smallest absolute Gasteiger partial charge is 0.261 e. The van der Waals surface area contributed by atoms with Gasteiger partial charge < -0.3 is 9.30 Å². The minimum atomic E-state index is -0.309. The fourth-order valence-electron chi connectivity index (χ4n) is 6.06. The zero-order valence-electron chi connectivity index (χ0n) is 25.2. The Balaban J connectivity index is 1.16. The molecule has 4 aromatic carbocycles. The molecule has 5 nitrogen and oxygen atoms in total. The Bertz CT molecular complexity index is 1980. The molecule has 0 atom stereocenters. The van der Waals surface area contributed by atoms with E-state index in [2.05, 4.69) is 93.1 Å². The second kappa shape index (κ2) is 10.7. The predicted molar refractivity (Wildman–Crippen MR) is 173 cm³/mol. The first-order valence-electron chi connectivity index (χ1n) is 14.7. The van der Waals surface area contributed by atoms with Crippen LogP contribution in [0.1, 0.15) is 70.2 Å². The van der Waals surface area contributed by atoms with Crippen molar-refractivity contribution >= 4 is 35.7 Å². The van der Waals surface area contributed by atoms with Crippen LogP contribution in [-0.4, -0.2) is 28.3 Å². The van der Waals surface area contributed by atoms with E-state index >= 15 is 0 Å². The van der Waals surface area contributed by atoms with Crippen molar-refractivity contribution in [2.24, 2.45) is 0 Å². The lowest BCUT2D eigenvalue weighted by atomic mass is 9.78. The summed E-state index contributed by atoms with van der Waals surface area (Å²) < 4.78 is 8.25. The Labute approximate surface area is 252 Å². The fraction of sp³-hybridized carbons (Fsp3) is 0.211. The van der Waals surface area contributed by atoms with Crippen molar-refractivity contribution in [3.63, 3.8) is 0 Å². The van der Waals surface area contributed by atoms with Gasteiger partial charge >= 0.3 is 0 Å². The first kappa shape index (κ1) is 28.2. The number of aromatic nitrogens is 1. The van der Waals surface area contributed by atoms with Crippen molar-refractivity contribution in [2.75, 3.05) is 7.05 Å². The van der Waals surface area contributed by atoms with Crippen molar-refractivity contribution < 1.29 is 14.3 Å². The number of imide groups is 1. The maximum atomic E-state index is 12.3. The Hall–Kier alpha value is -4.90. The molecule has 0 N–H and O–H groups in total. The number of hydrogen-bond acceptors (Lipinski definition) is 3. The van der Waals surface area contributed by atoms with Gasteiger partial charge in [-0.2, -0.15) is 0 Å². The van der Waals surface area contributed by atoms with Crippen LogP contribution in [-0.2, 0) is 18.4 Å². The van der Waals surface area contributed by atoms with E-state index in [1.807, 2.05) is 12.1 Å². The number of rotatable bonds is 8. The summed E-state index contributed by atoms with van der Waals surface area (Å²) in [5, 5.41) is 4.46. The molecule has 0 unspecified atom stereocenters. The third-order valence-corrected chi connectivity index (χ3v) is 8.76. The van der Waals surface area contributed by atoms with E-state index in [4.69, 9.17) is 4.74 Å². The van der Waals surface area contributed by atoms with Gasteiger partial charge in [-0.1, -0.05) is 82.5 Å². The van der Waals surface area contributed by atoms with Crippen LogP contribution in [0.4, 0.5) is 0 Å². The van der Waals surface area contributed by atoms with Gasteiger partial charge in [0.2, 0.25) is 0 Å². The zero-order chi connectivity index (χ0) is 30.5. The SMILES string of the molecule is C=c1c2ccc(Cc3ccc(C(C)(C)c4ccc(Oc5ccc6c(c5)C(=O)N(C)C6=O)cc4)cc3)cc2c(=C)n1CCC. The molecule has 0 fully saturated rings. The molecule has 5 heteroatoms. The van der Waals surface area contributed by atoms with Gasteiger partial charge in [-0.05, 0) is 71.5 Å². The van der Waals surface area contributed by atoms with E-state index in [-0.39, 0.29) is 17.2 Å². The quantitative estimate of drug-likeness (QED) is 0.193. The lowest BCUT2D eigenvalue weighted by Gasteiger charge is -2.26. The van der Waals surface area contributed by atoms with E-state index < -0.39 is 0 Å². The van der Waals surface area contributed by atoms with Gasteiger partial charge in [0.15, 0.2) is 0 Å². The van der Waals surface area contributed by atoms with E-state index in [0.29, 0.717) is 22.6 Å². The molecule has 0 radical (unpaired) electrons. The summed E-state index contributed by atoms with van der Waals surface area (Å²) in [5.41, 5.74) is 5.49. The molecule has 5 aromatic rings. The highest BCUT2D eigenvalue weighted by molar-refractivity contribution is 6.21. The van der Waals surface area contributed by atoms with E-state index in [1.165, 1.54) is 34.5 Å². The highest BCUT2D eigenvalue weighted by atomic mass is 16.5. The van der Waals surface area contributed by atoms with Crippen LogP contribution >= 0.6 is 0 Å². The van der Waals surface area contributed by atoms with Crippen molar-refractivity contribution in [3.05, 3.63) is 129 Å². The minimum Gasteiger partial charge on any atom is -0.457 e. The third kappa shape index (κ3) is 4.95. The molecule has 0 aliphatic carbocycles. The van der Waals surface area contributed by atoms with Crippen LogP contribution in [0.3, 0.4) is 0 Å². The molecule has 0 bridgehead atoms. The molecule has 216 valence electrons. The van der Waals surface area contributed by atoms with Crippen molar-refractivity contribution in [1.29, 1.82) is 0 Å². The normalized spacial score (nSPS) is 13.2. The van der Waals surface area contributed by atoms with E-state index in [0.717, 1.165) is 40.5 Å². The summed E-state index contributed by atoms with van der Waals surface area (Å²) in [5.74, 6) is 0.593. The summed E-state index contributed by atoms with van der Waals surface area (Å²) in [6.07, 6.45) is 1.91. The Morgan fingerprint density at radius 1 is 0.698 bits per heavy atom. The topological polar surface area (TPSA) is 51.5 Å². The van der Waals surface area contributed by atoms with E-state index in [9.17, 15) is 9.59 Å². The Morgan fingerprint density at radius 3 is 1.95 bits per heavy atom. The zero-order valence-corrected chi connectivity index (χ0v) is 25.2. The standard InChI is InChI=1S/C38H36N2O3/c1-7-20-40-24(2)32-18-10-27(22-34(32)25(40)3)21-26-8-11-28(12-9-26)38(4,5)29-13-15-30(16-14-29)43-31-17-19-33-35(23-31)37(42)39(6)36(33)41/h8-19,22-23H,2-3,7,20-21H2,1,4-6H3. The molecule has 0 saturated heterocycles. The molecular formula is C38H36N2O3. The number of carbonyl (C=O) groups excluding carboxylic acids is 2. The van der Waals surface area contributed by atoms with Crippen LogP contribution < -0.4 is 15.4 Å². The van der Waals surface area contributed by atoms with Gasteiger partial charge in [0.25, 0.3) is 11.8 Å². The summed E-state index contributed by atoms with van der Waals surface area (Å²) >= 11 is 0. The number of nitrogens with zero attached hydrogens (tertiary/aromatic N) is 2. The molecular weight excluding hydrogens is 532 g/mol. The monoisotopic (exact) mass is 568 g/mol. The summed E-state index contributed by atoms with van der Waals surface area (Å²) in [6, 6.07) is 28.6. The van der Waals surface area contributed by atoms with Gasteiger partial charge in [-0.3, -0.25) is 14.5 Å². The van der Waals surface area contributed by atoms with Crippen LogP contribution in [0, 0.1) is 0 Å². The Morgan fingerprint density at radius 2 is 1.28 bits per heavy atom. The van der Waals surface area contributed by atoms with Crippen molar-refractivity contribution in [2.45, 2.75) is 45.6 Å². The number of amides is 2. The highest BCUT2D eigenvalue weighted by Crippen LogP contribution is 2.34. The number of fused-ring (bicyclic) bond motifs is 2. The maximum Gasteiger partial charge on any atom is 0.261 e. The van der Waals surface area contributed by atoms with Crippen LogP contribution in [0.5, 0.6) is 11.5 Å². The van der Waals surface area contributed by atoms with Crippen molar-refractivity contribution in [1.82, 2.24) is 9.47 Å². The first-order valence-corrected chi connectivity index (χ1v) is 14.7. The first-order chi connectivity index (χ1) is 20.6. The Kier molecular flexibility index (Phi) is 7.05. The molecule has 6 rings (SSSR count). The maximum absolute atomic E-state index is 12.3. The number of ether oxygens (including phenoxy) is 1. The number of hydrogen-bond donors (Lipinski definition) is 0. The average molecular weight is 569 g/mol. The largest absolute Gasteiger partial charge is 0.457 e. The average Bonchev–Trinajstić information content (AvgIpc) is 3.37. The van der Waals surface area contributed by atoms with Gasteiger partial charge in [0, 0.05) is 40.5 Å². The lowest BCUT2D eigenvalue weighted by molar-refractivity contribution is 0.0693. The van der Waals surface area contributed by atoms with Crippen molar-refractivity contribution in [3.8, 4) is 11.5 Å². The number of benzene rings is 4. The van der Waals surface area contributed by atoms with Crippen LogP contribution in [0.15, 0.2) is 84.9 Å².